The van der Waals surface area contributed by atoms with Crippen LogP contribution in [0.5, 0.6) is 0 Å². The molecule has 10 heteroatoms. The molecule has 1 aromatic heterocycles. The van der Waals surface area contributed by atoms with Crippen molar-refractivity contribution in [3.05, 3.63) is 82.2 Å². The number of hydrogen-bond donors (Lipinski definition) is 3. The van der Waals surface area contributed by atoms with Gasteiger partial charge in [0.05, 0.1) is 10.6 Å². The number of nitrogens with one attached hydrogen (secondary N) is 2. The van der Waals surface area contributed by atoms with E-state index in [1.54, 1.807) is 30.3 Å². The van der Waals surface area contributed by atoms with E-state index in [-0.39, 0.29) is 22.0 Å². The van der Waals surface area contributed by atoms with E-state index < -0.39 is 30.4 Å². The number of aromatic carboxylic acids is 1. The van der Waals surface area contributed by atoms with E-state index in [1.165, 1.54) is 18.2 Å². The number of rotatable bonds is 7. The highest BCUT2D eigenvalue weighted by molar-refractivity contribution is 6.33. The minimum absolute atomic E-state index is 0.0362. The molecule has 0 atom stereocenters. The molecule has 3 N–H and O–H groups in total. The first-order valence-corrected chi connectivity index (χ1v) is 11.0. The van der Waals surface area contributed by atoms with Crippen molar-refractivity contribution in [3.8, 4) is 11.3 Å². The molecule has 9 nitrogen and oxygen atoms in total. The number of urea groups is 1. The van der Waals surface area contributed by atoms with E-state index in [0.29, 0.717) is 23.4 Å². The SMILES string of the molecule is CCc1ccccc1NC(=O)CN1C(=O)N/C(=C/c2ccc(-c3ccc(C(=O)O)c(Cl)c3)o2)C1=O. The highest BCUT2D eigenvalue weighted by atomic mass is 35.5. The summed E-state index contributed by atoms with van der Waals surface area (Å²) in [5.41, 5.74) is 2.02. The lowest BCUT2D eigenvalue weighted by atomic mass is 10.1. The summed E-state index contributed by atoms with van der Waals surface area (Å²) >= 11 is 6.01. The Morgan fingerprint density at radius 2 is 1.91 bits per heavy atom. The van der Waals surface area contributed by atoms with Gasteiger partial charge < -0.3 is 20.2 Å². The number of aryl methyl sites for hydroxylation is 1. The van der Waals surface area contributed by atoms with Crippen LogP contribution >= 0.6 is 11.6 Å². The minimum Gasteiger partial charge on any atom is -0.478 e. The molecule has 1 saturated heterocycles. The van der Waals surface area contributed by atoms with Gasteiger partial charge in [0.25, 0.3) is 5.91 Å². The molecule has 0 aliphatic carbocycles. The van der Waals surface area contributed by atoms with E-state index >= 15 is 0 Å². The fraction of sp³-hybridized carbons (Fsp3) is 0.120. The van der Waals surface area contributed by atoms with Crippen LogP contribution in [0, 0.1) is 0 Å². The van der Waals surface area contributed by atoms with Gasteiger partial charge in [0.1, 0.15) is 23.8 Å². The van der Waals surface area contributed by atoms with Gasteiger partial charge in [0, 0.05) is 17.3 Å². The van der Waals surface area contributed by atoms with Crippen LogP contribution in [0.3, 0.4) is 0 Å². The Morgan fingerprint density at radius 3 is 2.63 bits per heavy atom. The van der Waals surface area contributed by atoms with Crippen LogP contribution in [-0.2, 0) is 16.0 Å². The Labute approximate surface area is 205 Å². The number of amides is 4. The number of para-hydroxylation sites is 1. The molecule has 1 aliphatic rings. The summed E-state index contributed by atoms with van der Waals surface area (Å²) < 4.78 is 5.71. The smallest absolute Gasteiger partial charge is 0.337 e. The highest BCUT2D eigenvalue weighted by Gasteiger charge is 2.35. The monoisotopic (exact) mass is 493 g/mol. The Balaban J connectivity index is 1.46. The van der Waals surface area contributed by atoms with Gasteiger partial charge >= 0.3 is 12.0 Å². The van der Waals surface area contributed by atoms with Crippen LogP contribution in [-0.4, -0.2) is 40.4 Å². The maximum atomic E-state index is 12.7. The molecule has 2 aromatic carbocycles. The van der Waals surface area contributed by atoms with Gasteiger partial charge in [-0.15, -0.1) is 0 Å². The summed E-state index contributed by atoms with van der Waals surface area (Å²) in [4.78, 5) is 49.5. The van der Waals surface area contributed by atoms with Gasteiger partial charge in [-0.1, -0.05) is 42.8 Å². The summed E-state index contributed by atoms with van der Waals surface area (Å²) in [7, 11) is 0. The third-order valence-electron chi connectivity index (χ3n) is 5.33. The predicted octanol–water partition coefficient (Wildman–Crippen LogP) is 4.39. The Hall–Kier alpha value is -4.37. The van der Waals surface area contributed by atoms with Crippen LogP contribution in [0.2, 0.25) is 5.02 Å². The van der Waals surface area contributed by atoms with E-state index in [4.69, 9.17) is 21.1 Å². The van der Waals surface area contributed by atoms with Crippen LogP contribution in [0.1, 0.15) is 28.6 Å². The van der Waals surface area contributed by atoms with E-state index in [9.17, 15) is 19.2 Å². The Morgan fingerprint density at radius 1 is 1.14 bits per heavy atom. The highest BCUT2D eigenvalue weighted by Crippen LogP contribution is 2.28. The van der Waals surface area contributed by atoms with Gasteiger partial charge in [0.2, 0.25) is 5.91 Å². The number of nitrogens with zero attached hydrogens (tertiary/aromatic N) is 1. The molecule has 4 rings (SSSR count). The average molecular weight is 494 g/mol. The fourth-order valence-electron chi connectivity index (χ4n) is 3.57. The number of benzene rings is 2. The fourth-order valence-corrected chi connectivity index (χ4v) is 3.83. The first kappa shape index (κ1) is 23.8. The first-order chi connectivity index (χ1) is 16.8. The summed E-state index contributed by atoms with van der Waals surface area (Å²) in [6.07, 6.45) is 2.06. The van der Waals surface area contributed by atoms with Crippen molar-refractivity contribution >= 4 is 47.2 Å². The molecule has 0 saturated carbocycles. The molecule has 178 valence electrons. The summed E-state index contributed by atoms with van der Waals surface area (Å²) in [6.45, 7) is 1.51. The van der Waals surface area contributed by atoms with Crippen molar-refractivity contribution < 1.29 is 28.7 Å². The van der Waals surface area contributed by atoms with E-state index in [2.05, 4.69) is 10.6 Å². The van der Waals surface area contributed by atoms with Gasteiger partial charge in [0.15, 0.2) is 0 Å². The van der Waals surface area contributed by atoms with Crippen LogP contribution in [0.4, 0.5) is 10.5 Å². The zero-order chi connectivity index (χ0) is 25.1. The number of carbonyl (C=O) groups is 4. The molecule has 1 fully saturated rings. The first-order valence-electron chi connectivity index (χ1n) is 10.6. The Kier molecular flexibility index (Phi) is 6.70. The zero-order valence-corrected chi connectivity index (χ0v) is 19.3. The van der Waals surface area contributed by atoms with Crippen molar-refractivity contribution in [3.63, 3.8) is 0 Å². The summed E-state index contributed by atoms with van der Waals surface area (Å²) in [5.74, 6) is -1.66. The van der Waals surface area contributed by atoms with E-state index in [0.717, 1.165) is 10.5 Å². The zero-order valence-electron chi connectivity index (χ0n) is 18.5. The lowest BCUT2D eigenvalue weighted by Crippen LogP contribution is -2.38. The second kappa shape index (κ2) is 9.86. The number of carboxylic acids is 1. The summed E-state index contributed by atoms with van der Waals surface area (Å²) in [5, 5.41) is 14.3. The van der Waals surface area contributed by atoms with Crippen molar-refractivity contribution in [2.45, 2.75) is 13.3 Å². The standard InChI is InChI=1S/C25H20ClN3O6/c1-2-14-5-3-4-6-19(14)27-22(30)13-29-23(31)20(28-25(29)34)12-16-8-10-21(35-16)15-7-9-17(24(32)33)18(26)11-15/h3-12H,2,13H2,1H3,(H,27,30)(H,28,34)(H,32,33)/b20-12+. The van der Waals surface area contributed by atoms with Crippen molar-refractivity contribution in [2.24, 2.45) is 0 Å². The maximum Gasteiger partial charge on any atom is 0.337 e. The Bertz CT molecular complexity index is 1380. The number of carboxylic acid groups (broad SMARTS) is 1. The second-order valence-electron chi connectivity index (χ2n) is 7.64. The maximum absolute atomic E-state index is 12.7. The molecule has 0 spiro atoms. The molecule has 2 heterocycles. The van der Waals surface area contributed by atoms with Gasteiger partial charge in [-0.2, -0.15) is 0 Å². The third-order valence-corrected chi connectivity index (χ3v) is 5.65. The third kappa shape index (κ3) is 5.10. The molecular formula is C25H20ClN3O6. The van der Waals surface area contributed by atoms with Crippen LogP contribution in [0.15, 0.2) is 64.7 Å². The predicted molar refractivity (Wildman–Crippen MR) is 129 cm³/mol. The molecule has 0 bridgehead atoms. The van der Waals surface area contributed by atoms with Gasteiger partial charge in [-0.25, -0.2) is 14.5 Å². The topological polar surface area (TPSA) is 129 Å². The van der Waals surface area contributed by atoms with Crippen molar-refractivity contribution in [2.75, 3.05) is 11.9 Å². The number of anilines is 1. The van der Waals surface area contributed by atoms with E-state index in [1.807, 2.05) is 19.1 Å². The molecule has 0 unspecified atom stereocenters. The molecule has 35 heavy (non-hydrogen) atoms. The van der Waals surface area contributed by atoms with Gasteiger partial charge in [-0.05, 0) is 42.3 Å². The number of halogens is 1. The summed E-state index contributed by atoms with van der Waals surface area (Å²) in [6, 6.07) is 14.1. The normalized spacial score (nSPS) is 14.3. The molecule has 1 aliphatic heterocycles. The molecule has 3 aromatic rings. The lowest BCUT2D eigenvalue weighted by molar-refractivity contribution is -0.127. The average Bonchev–Trinajstić information content (AvgIpc) is 3.39. The van der Waals surface area contributed by atoms with Crippen LogP contribution in [0.25, 0.3) is 17.4 Å². The molecule has 0 radical (unpaired) electrons. The number of hydrogen-bond acceptors (Lipinski definition) is 5. The van der Waals surface area contributed by atoms with Gasteiger partial charge in [-0.3, -0.25) is 9.59 Å². The van der Waals surface area contributed by atoms with Crippen molar-refractivity contribution in [1.82, 2.24) is 10.2 Å². The molecule has 4 amide bonds. The van der Waals surface area contributed by atoms with Crippen LogP contribution < -0.4 is 10.6 Å². The minimum atomic E-state index is -1.14. The lowest BCUT2D eigenvalue weighted by Gasteiger charge is -2.13. The second-order valence-corrected chi connectivity index (χ2v) is 8.05. The number of carbonyl (C=O) groups excluding carboxylic acids is 3. The largest absolute Gasteiger partial charge is 0.478 e. The number of imide groups is 1. The number of furan rings is 1. The van der Waals surface area contributed by atoms with Crippen molar-refractivity contribution in [1.29, 1.82) is 0 Å². The quantitative estimate of drug-likeness (QED) is 0.330. The molecular weight excluding hydrogens is 474 g/mol.